The van der Waals surface area contributed by atoms with Gasteiger partial charge in [-0.3, -0.25) is 4.90 Å². The molecule has 9 nitrogen and oxygen atoms in total. The van der Waals surface area contributed by atoms with Gasteiger partial charge in [0.25, 0.3) is 0 Å². The molecule has 1 saturated heterocycles. The zero-order valence-electron chi connectivity index (χ0n) is 15.1. The van der Waals surface area contributed by atoms with Crippen LogP contribution < -0.4 is 5.32 Å². The minimum atomic E-state index is -0.0852. The molecule has 0 aliphatic carbocycles. The second kappa shape index (κ2) is 7.58. The van der Waals surface area contributed by atoms with Gasteiger partial charge in [0.1, 0.15) is 5.76 Å². The Kier molecular flexibility index (Phi) is 4.84. The van der Waals surface area contributed by atoms with E-state index in [4.69, 9.17) is 4.42 Å². The van der Waals surface area contributed by atoms with Crippen molar-refractivity contribution in [3.05, 3.63) is 48.4 Å². The SMILES string of the molecule is Cn1nnc(-c2ccc(NC(=O)N3CCN(Cc4ccco4)CC3)cc2)n1. The number of rotatable bonds is 4. The van der Waals surface area contributed by atoms with Crippen LogP contribution in [0.25, 0.3) is 11.4 Å². The number of piperazine rings is 1. The number of hydrogen-bond donors (Lipinski definition) is 1. The van der Waals surface area contributed by atoms with Crippen molar-refractivity contribution in [1.29, 1.82) is 0 Å². The standard InChI is InChI=1S/C18H21N7O2/c1-23-21-17(20-22-23)14-4-6-15(7-5-14)19-18(26)25-10-8-24(9-11-25)13-16-3-2-12-27-16/h2-7,12H,8-11,13H2,1H3,(H,19,26). The van der Waals surface area contributed by atoms with Gasteiger partial charge >= 0.3 is 6.03 Å². The van der Waals surface area contributed by atoms with Crippen molar-refractivity contribution in [2.75, 3.05) is 31.5 Å². The lowest BCUT2D eigenvalue weighted by Gasteiger charge is -2.34. The Labute approximate surface area is 156 Å². The summed E-state index contributed by atoms with van der Waals surface area (Å²) in [5, 5.41) is 14.9. The number of nitrogens with one attached hydrogen (secondary N) is 1. The first-order chi connectivity index (χ1) is 13.2. The highest BCUT2D eigenvalue weighted by atomic mass is 16.3. The van der Waals surface area contributed by atoms with Gasteiger partial charge in [0.15, 0.2) is 0 Å². The Bertz CT molecular complexity index is 881. The van der Waals surface area contributed by atoms with Crippen LogP contribution in [0.1, 0.15) is 5.76 Å². The second-order valence-corrected chi connectivity index (χ2v) is 6.45. The monoisotopic (exact) mass is 367 g/mol. The number of amides is 2. The van der Waals surface area contributed by atoms with Crippen LogP contribution in [0.4, 0.5) is 10.5 Å². The van der Waals surface area contributed by atoms with Crippen molar-refractivity contribution in [3.8, 4) is 11.4 Å². The van der Waals surface area contributed by atoms with E-state index in [2.05, 4.69) is 25.6 Å². The van der Waals surface area contributed by atoms with Crippen LogP contribution in [0.3, 0.4) is 0 Å². The molecule has 1 aliphatic rings. The van der Waals surface area contributed by atoms with Crippen molar-refractivity contribution in [2.45, 2.75) is 6.54 Å². The molecule has 0 spiro atoms. The molecule has 2 aromatic heterocycles. The van der Waals surface area contributed by atoms with Crippen LogP contribution in [-0.2, 0) is 13.6 Å². The lowest BCUT2D eigenvalue weighted by atomic mass is 10.2. The van der Waals surface area contributed by atoms with Crippen LogP contribution in [0, 0.1) is 0 Å². The number of carbonyl (C=O) groups excluding carboxylic acids is 1. The summed E-state index contributed by atoms with van der Waals surface area (Å²) in [6.45, 7) is 3.81. The molecule has 0 saturated carbocycles. The Morgan fingerprint density at radius 3 is 2.56 bits per heavy atom. The Hall–Kier alpha value is -3.20. The smallest absolute Gasteiger partial charge is 0.321 e. The van der Waals surface area contributed by atoms with E-state index in [9.17, 15) is 4.79 Å². The molecule has 0 atom stereocenters. The third kappa shape index (κ3) is 4.14. The van der Waals surface area contributed by atoms with Gasteiger partial charge in [-0.15, -0.1) is 10.2 Å². The third-order valence-electron chi connectivity index (χ3n) is 4.52. The summed E-state index contributed by atoms with van der Waals surface area (Å²) >= 11 is 0. The van der Waals surface area contributed by atoms with Crippen molar-refractivity contribution in [1.82, 2.24) is 30.0 Å². The molecular formula is C18H21N7O2. The van der Waals surface area contributed by atoms with Crippen LogP contribution >= 0.6 is 0 Å². The molecule has 1 N–H and O–H groups in total. The molecule has 3 aromatic rings. The van der Waals surface area contributed by atoms with Crippen molar-refractivity contribution in [2.24, 2.45) is 7.05 Å². The van der Waals surface area contributed by atoms with E-state index in [1.54, 1.807) is 13.3 Å². The minimum Gasteiger partial charge on any atom is -0.468 e. The topological polar surface area (TPSA) is 92.3 Å². The van der Waals surface area contributed by atoms with E-state index < -0.39 is 0 Å². The fraction of sp³-hybridized carbons (Fsp3) is 0.333. The number of hydrogen-bond acceptors (Lipinski definition) is 6. The number of anilines is 1. The molecule has 1 fully saturated rings. The van der Waals surface area contributed by atoms with Gasteiger partial charge in [0, 0.05) is 37.4 Å². The maximum absolute atomic E-state index is 12.5. The third-order valence-corrected chi connectivity index (χ3v) is 4.52. The highest BCUT2D eigenvalue weighted by Gasteiger charge is 2.21. The Morgan fingerprint density at radius 2 is 1.93 bits per heavy atom. The molecular weight excluding hydrogens is 346 g/mol. The van der Waals surface area contributed by atoms with E-state index in [1.807, 2.05) is 41.3 Å². The van der Waals surface area contributed by atoms with E-state index in [0.29, 0.717) is 18.9 Å². The van der Waals surface area contributed by atoms with Gasteiger partial charge in [-0.1, -0.05) is 0 Å². The lowest BCUT2D eigenvalue weighted by molar-refractivity contribution is 0.137. The first-order valence-corrected chi connectivity index (χ1v) is 8.82. The average molecular weight is 367 g/mol. The fourth-order valence-electron chi connectivity index (χ4n) is 3.04. The summed E-state index contributed by atoms with van der Waals surface area (Å²) in [7, 11) is 1.72. The zero-order chi connectivity index (χ0) is 18.6. The van der Waals surface area contributed by atoms with Gasteiger partial charge in [0.05, 0.1) is 19.9 Å². The zero-order valence-corrected chi connectivity index (χ0v) is 15.1. The summed E-state index contributed by atoms with van der Waals surface area (Å²) in [4.78, 5) is 18.0. The molecule has 9 heteroatoms. The van der Waals surface area contributed by atoms with Crippen LogP contribution in [0.2, 0.25) is 0 Å². The molecule has 1 aromatic carbocycles. The molecule has 4 rings (SSSR count). The van der Waals surface area contributed by atoms with Gasteiger partial charge in [-0.05, 0) is 41.6 Å². The number of aryl methyl sites for hydroxylation is 1. The molecule has 0 unspecified atom stereocenters. The summed E-state index contributed by atoms with van der Waals surface area (Å²) in [5.41, 5.74) is 1.60. The molecule has 0 radical (unpaired) electrons. The molecule has 1 aliphatic heterocycles. The number of urea groups is 1. The minimum absolute atomic E-state index is 0.0852. The number of carbonyl (C=O) groups is 1. The number of aromatic nitrogens is 4. The molecule has 3 heterocycles. The van der Waals surface area contributed by atoms with Crippen LogP contribution in [-0.4, -0.2) is 62.2 Å². The molecule has 0 bridgehead atoms. The van der Waals surface area contributed by atoms with Crippen molar-refractivity contribution < 1.29 is 9.21 Å². The summed E-state index contributed by atoms with van der Waals surface area (Å²) < 4.78 is 5.38. The quantitative estimate of drug-likeness (QED) is 0.756. The first kappa shape index (κ1) is 17.2. The maximum Gasteiger partial charge on any atom is 0.321 e. The fourth-order valence-corrected chi connectivity index (χ4v) is 3.04. The predicted molar refractivity (Wildman–Crippen MR) is 98.8 cm³/mol. The molecule has 27 heavy (non-hydrogen) atoms. The summed E-state index contributed by atoms with van der Waals surface area (Å²) in [6, 6.07) is 11.2. The van der Waals surface area contributed by atoms with E-state index in [0.717, 1.165) is 36.6 Å². The molecule has 140 valence electrons. The predicted octanol–water partition coefficient (Wildman–Crippen LogP) is 1.82. The average Bonchev–Trinajstić information content (AvgIpc) is 3.35. The number of nitrogens with zero attached hydrogens (tertiary/aromatic N) is 6. The van der Waals surface area contributed by atoms with Gasteiger partial charge < -0.3 is 14.6 Å². The highest BCUT2D eigenvalue weighted by Crippen LogP contribution is 2.18. The second-order valence-electron chi connectivity index (χ2n) is 6.45. The number of furan rings is 1. The van der Waals surface area contributed by atoms with Crippen LogP contribution in [0.15, 0.2) is 47.1 Å². The van der Waals surface area contributed by atoms with Crippen molar-refractivity contribution in [3.63, 3.8) is 0 Å². The molecule has 2 amide bonds. The van der Waals surface area contributed by atoms with Crippen molar-refractivity contribution >= 4 is 11.7 Å². The van der Waals surface area contributed by atoms with Crippen LogP contribution in [0.5, 0.6) is 0 Å². The Balaban J connectivity index is 1.29. The summed E-state index contributed by atoms with van der Waals surface area (Å²) in [5.74, 6) is 1.51. The largest absolute Gasteiger partial charge is 0.468 e. The lowest BCUT2D eigenvalue weighted by Crippen LogP contribution is -2.49. The first-order valence-electron chi connectivity index (χ1n) is 8.82. The van der Waals surface area contributed by atoms with Gasteiger partial charge in [-0.2, -0.15) is 4.80 Å². The Morgan fingerprint density at radius 1 is 1.15 bits per heavy atom. The summed E-state index contributed by atoms with van der Waals surface area (Å²) in [6.07, 6.45) is 1.69. The van der Waals surface area contributed by atoms with Gasteiger partial charge in [-0.25, -0.2) is 4.79 Å². The van der Waals surface area contributed by atoms with E-state index in [-0.39, 0.29) is 6.03 Å². The van der Waals surface area contributed by atoms with Gasteiger partial charge in [0.2, 0.25) is 5.82 Å². The maximum atomic E-state index is 12.5. The van der Waals surface area contributed by atoms with E-state index >= 15 is 0 Å². The number of tetrazole rings is 1. The van der Waals surface area contributed by atoms with E-state index in [1.165, 1.54) is 4.80 Å². The normalized spacial score (nSPS) is 15.1. The number of benzene rings is 1. The highest BCUT2D eigenvalue weighted by molar-refractivity contribution is 5.89.